The minimum Gasteiger partial charge on any atom is -0.360 e. The van der Waals surface area contributed by atoms with Gasteiger partial charge in [-0.2, -0.15) is 0 Å². The Morgan fingerprint density at radius 2 is 1.96 bits per heavy atom. The number of benzene rings is 1. The van der Waals surface area contributed by atoms with E-state index in [1.165, 1.54) is 11.3 Å². The molecule has 0 amide bonds. The number of hydrogen-bond donors (Lipinski definition) is 2. The molecule has 2 aromatic rings. The highest BCUT2D eigenvalue weighted by Crippen LogP contribution is 2.26. The number of thiophene rings is 1. The van der Waals surface area contributed by atoms with E-state index in [1.54, 1.807) is 22.4 Å². The maximum absolute atomic E-state index is 12.3. The summed E-state index contributed by atoms with van der Waals surface area (Å²) in [4.78, 5) is 3.91. The van der Waals surface area contributed by atoms with E-state index < -0.39 is 10.0 Å². The van der Waals surface area contributed by atoms with Gasteiger partial charge in [0.15, 0.2) is 0 Å². The summed E-state index contributed by atoms with van der Waals surface area (Å²) in [5, 5.41) is 1.76. The maximum Gasteiger partial charge on any atom is 0.271 e. The Bertz CT molecular complexity index is 765. The lowest BCUT2D eigenvalue weighted by Gasteiger charge is -2.32. The molecule has 23 heavy (non-hydrogen) atoms. The van der Waals surface area contributed by atoms with Crippen molar-refractivity contribution in [3.63, 3.8) is 0 Å². The molecule has 0 unspecified atom stereocenters. The maximum atomic E-state index is 12.3. The topological polar surface area (TPSA) is 53.9 Å². The number of aryl methyl sites for hydroxylation is 1. The third-order valence-corrected chi connectivity index (χ3v) is 6.96. The van der Waals surface area contributed by atoms with Crippen molar-refractivity contribution < 1.29 is 13.3 Å². The summed E-state index contributed by atoms with van der Waals surface area (Å²) in [5.74, 6) is 0. The summed E-state index contributed by atoms with van der Waals surface area (Å²) in [5.41, 5.74) is 2.74. The Hall–Kier alpha value is -1.57. The predicted octanol–water partition coefficient (Wildman–Crippen LogP) is 1.19. The molecule has 0 bridgehead atoms. The number of hydrogen-bond acceptors (Lipinski definition) is 4. The van der Waals surface area contributed by atoms with Gasteiger partial charge in [0.2, 0.25) is 0 Å². The van der Waals surface area contributed by atoms with Crippen molar-refractivity contribution in [3.05, 3.63) is 41.3 Å². The average molecular weight is 353 g/mol. The lowest BCUT2D eigenvalue weighted by Crippen LogP contribution is -3.12. The van der Waals surface area contributed by atoms with Crippen LogP contribution >= 0.6 is 11.3 Å². The van der Waals surface area contributed by atoms with Gasteiger partial charge in [-0.05, 0) is 42.1 Å². The van der Waals surface area contributed by atoms with Gasteiger partial charge in [-0.3, -0.25) is 4.72 Å². The number of nitrogens with zero attached hydrogens (tertiary/aromatic N) is 1. The Kier molecular flexibility index (Phi) is 4.61. The highest BCUT2D eigenvalue weighted by atomic mass is 32.2. The number of rotatable bonds is 4. The molecule has 1 aliphatic heterocycles. The fraction of sp³-hybridized carbons (Fsp3) is 0.375. The molecule has 1 aromatic heterocycles. The quantitative estimate of drug-likeness (QED) is 0.869. The lowest BCUT2D eigenvalue weighted by atomic mass is 10.1. The van der Waals surface area contributed by atoms with Crippen molar-refractivity contribution in [1.82, 2.24) is 0 Å². The van der Waals surface area contributed by atoms with Crippen LogP contribution in [-0.2, 0) is 10.0 Å². The van der Waals surface area contributed by atoms with Gasteiger partial charge >= 0.3 is 0 Å². The summed E-state index contributed by atoms with van der Waals surface area (Å²) >= 11 is 1.22. The van der Waals surface area contributed by atoms with Gasteiger partial charge in [-0.25, -0.2) is 8.42 Å². The Labute approximate surface area is 141 Å². The van der Waals surface area contributed by atoms with E-state index in [0.717, 1.165) is 37.4 Å². The summed E-state index contributed by atoms with van der Waals surface area (Å²) in [7, 11) is -1.27. The van der Waals surface area contributed by atoms with Gasteiger partial charge in [0.05, 0.1) is 38.9 Å². The molecule has 2 heterocycles. The average Bonchev–Trinajstić information content (AvgIpc) is 3.05. The second-order valence-electron chi connectivity index (χ2n) is 5.98. The molecular formula is C16H22N3O2S2+. The fourth-order valence-corrected chi connectivity index (χ4v) is 4.84. The number of piperazine rings is 1. The molecule has 1 aromatic carbocycles. The van der Waals surface area contributed by atoms with Gasteiger partial charge in [0.1, 0.15) is 4.21 Å². The fourth-order valence-electron chi connectivity index (χ4n) is 2.72. The second kappa shape index (κ2) is 6.51. The minimum absolute atomic E-state index is 0.336. The summed E-state index contributed by atoms with van der Waals surface area (Å²) in [6, 6.07) is 9.28. The number of likely N-dealkylation sites (N-methyl/N-ethyl adjacent to an activating group) is 1. The normalized spacial score (nSPS) is 16.5. The molecule has 5 nitrogen and oxygen atoms in total. The van der Waals surface area contributed by atoms with Gasteiger partial charge < -0.3 is 9.80 Å². The zero-order chi connectivity index (χ0) is 16.4. The van der Waals surface area contributed by atoms with E-state index in [2.05, 4.69) is 22.7 Å². The zero-order valence-electron chi connectivity index (χ0n) is 13.4. The van der Waals surface area contributed by atoms with Crippen LogP contribution in [0.2, 0.25) is 0 Å². The number of nitrogens with one attached hydrogen (secondary N) is 2. The molecule has 0 radical (unpaired) electrons. The highest BCUT2D eigenvalue weighted by Gasteiger charge is 2.19. The molecule has 0 saturated carbocycles. The van der Waals surface area contributed by atoms with Crippen LogP contribution in [0.3, 0.4) is 0 Å². The first-order valence-corrected chi connectivity index (χ1v) is 10.1. The summed E-state index contributed by atoms with van der Waals surface area (Å²) in [6.07, 6.45) is 0. The number of quaternary nitrogens is 1. The van der Waals surface area contributed by atoms with Crippen LogP contribution in [0.25, 0.3) is 0 Å². The van der Waals surface area contributed by atoms with Crippen LogP contribution < -0.4 is 14.5 Å². The highest BCUT2D eigenvalue weighted by molar-refractivity contribution is 7.94. The molecule has 7 heteroatoms. The monoisotopic (exact) mass is 352 g/mol. The van der Waals surface area contributed by atoms with Crippen molar-refractivity contribution in [2.45, 2.75) is 11.1 Å². The van der Waals surface area contributed by atoms with Crippen LogP contribution in [-0.4, -0.2) is 41.6 Å². The first-order chi connectivity index (χ1) is 11.0. The van der Waals surface area contributed by atoms with Gasteiger partial charge in [-0.15, -0.1) is 11.3 Å². The zero-order valence-corrected chi connectivity index (χ0v) is 15.0. The molecule has 0 aliphatic carbocycles. The smallest absolute Gasteiger partial charge is 0.271 e. The molecule has 1 fully saturated rings. The third kappa shape index (κ3) is 3.68. The number of sulfonamides is 1. The first kappa shape index (κ1) is 16.3. The molecule has 1 aliphatic rings. The predicted molar refractivity (Wildman–Crippen MR) is 95.1 cm³/mol. The molecule has 124 valence electrons. The SMILES string of the molecule is Cc1cc(N2CC[NH+](C)CC2)ccc1NS(=O)(=O)c1cccs1. The largest absolute Gasteiger partial charge is 0.360 e. The van der Waals surface area contributed by atoms with E-state index in [0.29, 0.717) is 9.90 Å². The van der Waals surface area contributed by atoms with Crippen molar-refractivity contribution in [1.29, 1.82) is 0 Å². The van der Waals surface area contributed by atoms with Crippen LogP contribution in [0, 0.1) is 6.92 Å². The van der Waals surface area contributed by atoms with Crippen LogP contribution in [0.15, 0.2) is 39.9 Å². The summed E-state index contributed by atoms with van der Waals surface area (Å²) in [6.45, 7) is 6.27. The lowest BCUT2D eigenvalue weighted by molar-refractivity contribution is -0.880. The van der Waals surface area contributed by atoms with E-state index >= 15 is 0 Å². The van der Waals surface area contributed by atoms with Crippen molar-refractivity contribution in [2.75, 3.05) is 42.8 Å². The second-order valence-corrected chi connectivity index (χ2v) is 8.84. The Morgan fingerprint density at radius 1 is 1.22 bits per heavy atom. The molecule has 0 spiro atoms. The van der Waals surface area contributed by atoms with Crippen LogP contribution in [0.5, 0.6) is 0 Å². The molecule has 2 N–H and O–H groups in total. The van der Waals surface area contributed by atoms with Crippen molar-refractivity contribution in [3.8, 4) is 0 Å². The number of anilines is 2. The van der Waals surface area contributed by atoms with Crippen LogP contribution in [0.1, 0.15) is 5.56 Å². The van der Waals surface area contributed by atoms with E-state index in [4.69, 9.17) is 0 Å². The molecule has 0 atom stereocenters. The minimum atomic E-state index is -3.49. The molecule has 1 saturated heterocycles. The van der Waals surface area contributed by atoms with Crippen LogP contribution in [0.4, 0.5) is 11.4 Å². The van der Waals surface area contributed by atoms with Gasteiger partial charge in [0, 0.05) is 5.69 Å². The molecule has 3 rings (SSSR count). The van der Waals surface area contributed by atoms with Crippen molar-refractivity contribution in [2.24, 2.45) is 0 Å². The Morgan fingerprint density at radius 3 is 2.57 bits per heavy atom. The van der Waals surface area contributed by atoms with E-state index in [9.17, 15) is 8.42 Å². The first-order valence-electron chi connectivity index (χ1n) is 7.69. The molecular weight excluding hydrogens is 330 g/mol. The third-order valence-electron chi connectivity index (χ3n) is 4.20. The van der Waals surface area contributed by atoms with E-state index in [1.807, 2.05) is 19.1 Å². The van der Waals surface area contributed by atoms with Crippen molar-refractivity contribution >= 4 is 32.7 Å². The Balaban J connectivity index is 1.77. The van der Waals surface area contributed by atoms with E-state index in [-0.39, 0.29) is 0 Å². The summed E-state index contributed by atoms with van der Waals surface area (Å²) < 4.78 is 27.7. The van der Waals surface area contributed by atoms with Gasteiger partial charge in [0.25, 0.3) is 10.0 Å². The standard InChI is InChI=1S/C16H21N3O2S2/c1-13-12-14(19-9-7-18(2)8-10-19)5-6-15(13)17-23(20,21)16-4-3-11-22-16/h3-6,11-12,17H,7-10H2,1-2H3/p+1. The van der Waals surface area contributed by atoms with Gasteiger partial charge in [-0.1, -0.05) is 6.07 Å².